The first-order chi connectivity index (χ1) is 10.7. The summed E-state index contributed by atoms with van der Waals surface area (Å²) < 4.78 is 1.71. The highest BCUT2D eigenvalue weighted by Crippen LogP contribution is 2.25. The predicted octanol–water partition coefficient (Wildman–Crippen LogP) is -0.451. The summed E-state index contributed by atoms with van der Waals surface area (Å²) in [6.07, 6.45) is 6.29. The summed E-state index contributed by atoms with van der Waals surface area (Å²) in [4.78, 5) is 13.5. The first-order valence-electron chi connectivity index (χ1n) is 7.05. The fraction of sp³-hybridized carbons (Fsp3) is 0.385. The maximum absolute atomic E-state index is 10.2. The normalized spacial score (nSPS) is 22.6. The second kappa shape index (κ2) is 5.04. The van der Waals surface area contributed by atoms with Gasteiger partial charge < -0.3 is 15.8 Å². The number of likely N-dealkylation sites (tertiary alicyclic amines) is 1. The maximum Gasteiger partial charge on any atom is 0.151 e. The highest BCUT2D eigenvalue weighted by atomic mass is 16.3. The molecule has 0 radical (unpaired) electrons. The van der Waals surface area contributed by atoms with E-state index in [0.29, 0.717) is 25.5 Å². The van der Waals surface area contributed by atoms with Crippen LogP contribution < -0.4 is 5.73 Å². The van der Waals surface area contributed by atoms with Crippen LogP contribution in [0.3, 0.4) is 0 Å². The number of aromatic nitrogens is 6. The molecule has 4 rings (SSSR count). The number of H-pyrrole nitrogens is 1. The van der Waals surface area contributed by atoms with E-state index in [4.69, 9.17) is 5.73 Å². The second-order valence-electron chi connectivity index (χ2n) is 5.51. The Morgan fingerprint density at radius 3 is 3.09 bits per heavy atom. The van der Waals surface area contributed by atoms with Crippen LogP contribution in [-0.2, 0) is 6.54 Å². The number of nitrogens with two attached hydrogens (primary N) is 1. The number of nitrogen functional groups attached to an aromatic ring is 1. The standard InChI is InChI=1S/C13H16N8O/c14-13-12-11(16-7-17-13)8(3-15-12)4-20-5-9(10(22)6-20)21-2-1-18-19-21/h1-3,7,9-10,15,22H,4-6H2,(H2,14,16,17)/t9-,10?/m0/s1. The van der Waals surface area contributed by atoms with E-state index >= 15 is 0 Å². The van der Waals surface area contributed by atoms with Gasteiger partial charge in [0.15, 0.2) is 5.82 Å². The number of nitrogens with zero attached hydrogens (tertiary/aromatic N) is 6. The van der Waals surface area contributed by atoms with Gasteiger partial charge in [0.05, 0.1) is 23.9 Å². The molecule has 3 aromatic heterocycles. The molecule has 0 bridgehead atoms. The molecule has 4 heterocycles. The zero-order chi connectivity index (χ0) is 15.1. The van der Waals surface area contributed by atoms with Crippen molar-refractivity contribution >= 4 is 16.9 Å². The number of hydrogen-bond donors (Lipinski definition) is 3. The van der Waals surface area contributed by atoms with E-state index in [0.717, 1.165) is 16.6 Å². The van der Waals surface area contributed by atoms with Crippen molar-refractivity contribution in [1.82, 2.24) is 34.8 Å². The minimum atomic E-state index is -0.466. The third-order valence-corrected chi connectivity index (χ3v) is 4.08. The molecule has 1 aliphatic rings. The van der Waals surface area contributed by atoms with Gasteiger partial charge in [0, 0.05) is 37.6 Å². The number of anilines is 1. The average Bonchev–Trinajstić information content (AvgIpc) is 3.20. The maximum atomic E-state index is 10.2. The summed E-state index contributed by atoms with van der Waals surface area (Å²) in [6.45, 7) is 1.97. The lowest BCUT2D eigenvalue weighted by Crippen LogP contribution is -2.22. The lowest BCUT2D eigenvalue weighted by molar-refractivity contribution is 0.138. The minimum Gasteiger partial charge on any atom is -0.390 e. The van der Waals surface area contributed by atoms with Crippen LogP contribution in [0.25, 0.3) is 11.0 Å². The Morgan fingerprint density at radius 2 is 2.27 bits per heavy atom. The smallest absolute Gasteiger partial charge is 0.151 e. The molecule has 0 aliphatic carbocycles. The summed E-state index contributed by atoms with van der Waals surface area (Å²) in [5.74, 6) is 0.443. The van der Waals surface area contributed by atoms with Crippen LogP contribution >= 0.6 is 0 Å². The molecular formula is C13H16N8O. The van der Waals surface area contributed by atoms with Crippen LogP contribution in [0, 0.1) is 0 Å². The highest BCUT2D eigenvalue weighted by molar-refractivity contribution is 5.86. The monoisotopic (exact) mass is 300 g/mol. The van der Waals surface area contributed by atoms with Crippen molar-refractivity contribution < 1.29 is 5.11 Å². The van der Waals surface area contributed by atoms with E-state index < -0.39 is 6.10 Å². The SMILES string of the molecule is Nc1ncnc2c(CN3CC(O)[C@@H](n4ccnn4)C3)c[nH]c12. The van der Waals surface area contributed by atoms with Crippen LogP contribution in [0.1, 0.15) is 11.6 Å². The number of aliphatic hydroxyl groups is 1. The average molecular weight is 300 g/mol. The molecule has 0 saturated carbocycles. The number of fused-ring (bicyclic) bond motifs is 1. The van der Waals surface area contributed by atoms with E-state index in [1.165, 1.54) is 6.33 Å². The lowest BCUT2D eigenvalue weighted by atomic mass is 10.2. The van der Waals surface area contributed by atoms with Crippen molar-refractivity contribution in [3.63, 3.8) is 0 Å². The Bertz CT molecular complexity index is 783. The fourth-order valence-electron chi connectivity index (χ4n) is 3.00. The van der Waals surface area contributed by atoms with E-state index in [1.807, 2.05) is 6.20 Å². The minimum absolute atomic E-state index is 0.0765. The molecule has 0 amide bonds. The van der Waals surface area contributed by atoms with Crippen molar-refractivity contribution in [3.05, 3.63) is 30.5 Å². The molecule has 22 heavy (non-hydrogen) atoms. The molecule has 9 nitrogen and oxygen atoms in total. The van der Waals surface area contributed by atoms with Crippen LogP contribution in [0.4, 0.5) is 5.82 Å². The second-order valence-corrected chi connectivity index (χ2v) is 5.51. The Labute approximate surface area is 125 Å². The van der Waals surface area contributed by atoms with Gasteiger partial charge in [-0.1, -0.05) is 5.21 Å². The lowest BCUT2D eigenvalue weighted by Gasteiger charge is -2.14. The molecule has 3 aromatic rings. The van der Waals surface area contributed by atoms with Gasteiger partial charge in [-0.15, -0.1) is 5.10 Å². The van der Waals surface area contributed by atoms with Crippen molar-refractivity contribution in [1.29, 1.82) is 0 Å². The van der Waals surface area contributed by atoms with Crippen molar-refractivity contribution in [2.24, 2.45) is 0 Å². The molecule has 0 spiro atoms. The third-order valence-electron chi connectivity index (χ3n) is 4.08. The zero-order valence-electron chi connectivity index (χ0n) is 11.8. The molecule has 4 N–H and O–H groups in total. The van der Waals surface area contributed by atoms with E-state index in [2.05, 4.69) is 30.2 Å². The number of β-amino-alcohol motifs (C(OH)–C–C–N with tert-alkyl or cyclic N) is 1. The predicted molar refractivity (Wildman–Crippen MR) is 78.6 cm³/mol. The summed E-state index contributed by atoms with van der Waals surface area (Å²) in [7, 11) is 0. The van der Waals surface area contributed by atoms with Gasteiger partial charge in [-0.3, -0.25) is 4.90 Å². The summed E-state index contributed by atoms with van der Waals surface area (Å²) in [5.41, 5.74) is 8.45. The summed E-state index contributed by atoms with van der Waals surface area (Å²) in [5, 5.41) is 18.0. The van der Waals surface area contributed by atoms with Gasteiger partial charge in [-0.2, -0.15) is 0 Å². The van der Waals surface area contributed by atoms with Crippen molar-refractivity contribution in [2.45, 2.75) is 18.7 Å². The molecule has 2 atom stereocenters. The zero-order valence-corrected chi connectivity index (χ0v) is 11.8. The van der Waals surface area contributed by atoms with E-state index in [-0.39, 0.29) is 6.04 Å². The van der Waals surface area contributed by atoms with Crippen LogP contribution in [0.15, 0.2) is 24.9 Å². The Kier molecular flexibility index (Phi) is 3.01. The van der Waals surface area contributed by atoms with Gasteiger partial charge in [-0.05, 0) is 0 Å². The molecule has 114 valence electrons. The molecule has 1 saturated heterocycles. The number of nitrogens with one attached hydrogen (secondary N) is 1. The fourth-order valence-corrected chi connectivity index (χ4v) is 3.00. The Morgan fingerprint density at radius 1 is 1.36 bits per heavy atom. The van der Waals surface area contributed by atoms with Gasteiger partial charge >= 0.3 is 0 Å². The number of aliphatic hydroxyl groups excluding tert-OH is 1. The first kappa shape index (κ1) is 13.2. The van der Waals surface area contributed by atoms with E-state index in [1.54, 1.807) is 17.1 Å². The molecule has 9 heteroatoms. The van der Waals surface area contributed by atoms with Gasteiger partial charge in [0.25, 0.3) is 0 Å². The first-order valence-corrected chi connectivity index (χ1v) is 7.05. The Hall–Kier alpha value is -2.52. The molecular weight excluding hydrogens is 284 g/mol. The quantitative estimate of drug-likeness (QED) is 0.598. The molecule has 1 unspecified atom stereocenters. The largest absolute Gasteiger partial charge is 0.390 e. The third kappa shape index (κ3) is 2.11. The number of hydrogen-bond acceptors (Lipinski definition) is 7. The van der Waals surface area contributed by atoms with Gasteiger partial charge in [0.1, 0.15) is 11.8 Å². The number of rotatable bonds is 3. The van der Waals surface area contributed by atoms with Crippen LogP contribution in [0.5, 0.6) is 0 Å². The molecule has 0 aromatic carbocycles. The van der Waals surface area contributed by atoms with Gasteiger partial charge in [-0.25, -0.2) is 14.6 Å². The molecule has 1 fully saturated rings. The molecule has 1 aliphatic heterocycles. The Balaban J connectivity index is 1.55. The van der Waals surface area contributed by atoms with Gasteiger partial charge in [0.2, 0.25) is 0 Å². The van der Waals surface area contributed by atoms with E-state index in [9.17, 15) is 5.11 Å². The van der Waals surface area contributed by atoms with Crippen LogP contribution in [0.2, 0.25) is 0 Å². The summed E-state index contributed by atoms with van der Waals surface area (Å²) in [6, 6.07) is -0.0765. The van der Waals surface area contributed by atoms with Crippen molar-refractivity contribution in [2.75, 3.05) is 18.8 Å². The number of aromatic amines is 1. The van der Waals surface area contributed by atoms with Crippen molar-refractivity contribution in [3.8, 4) is 0 Å². The van der Waals surface area contributed by atoms with Crippen LogP contribution in [-0.4, -0.2) is 59.1 Å². The topological polar surface area (TPSA) is 122 Å². The highest BCUT2D eigenvalue weighted by Gasteiger charge is 2.33. The summed E-state index contributed by atoms with van der Waals surface area (Å²) >= 11 is 0.